The number of phenolic OH excluding ortho intramolecular Hbond substituents is 2. The molecule has 7 heteroatoms. The van der Waals surface area contributed by atoms with Crippen LogP contribution in [0.3, 0.4) is 0 Å². The molecule has 0 saturated carbocycles. The maximum Gasteiger partial charge on any atom is 0.271 e. The minimum absolute atomic E-state index is 0.0394. The summed E-state index contributed by atoms with van der Waals surface area (Å²) in [4.78, 5) is 12.1. The van der Waals surface area contributed by atoms with Crippen molar-refractivity contribution >= 4 is 12.1 Å². The summed E-state index contributed by atoms with van der Waals surface area (Å²) in [6.07, 6.45) is 1.32. The Kier molecular flexibility index (Phi) is 4.24. The van der Waals surface area contributed by atoms with Gasteiger partial charge in [-0.05, 0) is 36.8 Å². The zero-order valence-corrected chi connectivity index (χ0v) is 12.9. The molecule has 7 nitrogen and oxygen atoms in total. The Balaban J connectivity index is 1.72. The lowest BCUT2D eigenvalue weighted by Crippen LogP contribution is -2.19. The fourth-order valence-electron chi connectivity index (χ4n) is 2.33. The molecule has 2 aromatic rings. The van der Waals surface area contributed by atoms with Gasteiger partial charge in [-0.15, -0.1) is 0 Å². The van der Waals surface area contributed by atoms with Crippen LogP contribution in [-0.2, 0) is 0 Å². The lowest BCUT2D eigenvalue weighted by Gasteiger charge is -2.18. The van der Waals surface area contributed by atoms with Gasteiger partial charge in [-0.25, -0.2) is 5.43 Å². The van der Waals surface area contributed by atoms with Crippen LogP contribution in [0.1, 0.15) is 21.5 Å². The van der Waals surface area contributed by atoms with E-state index in [1.54, 1.807) is 25.1 Å². The van der Waals surface area contributed by atoms with Crippen molar-refractivity contribution in [3.8, 4) is 23.0 Å². The summed E-state index contributed by atoms with van der Waals surface area (Å²) in [5.41, 5.74) is 3.80. The van der Waals surface area contributed by atoms with Crippen molar-refractivity contribution < 1.29 is 24.5 Å². The number of phenols is 2. The molecule has 0 fully saturated rings. The SMILES string of the molecule is Cc1cc(O)cc(O)c1/C=N\NC(=O)c1ccc2c(c1)OCCO2. The molecule has 0 saturated heterocycles. The number of rotatable bonds is 3. The smallest absolute Gasteiger partial charge is 0.271 e. The van der Waals surface area contributed by atoms with Crippen molar-refractivity contribution in [2.24, 2.45) is 5.10 Å². The topological polar surface area (TPSA) is 100 Å². The van der Waals surface area contributed by atoms with Gasteiger partial charge in [0, 0.05) is 17.2 Å². The number of hydrogen-bond donors (Lipinski definition) is 3. The Hall–Kier alpha value is -3.22. The number of nitrogens with one attached hydrogen (secondary N) is 1. The van der Waals surface area contributed by atoms with E-state index < -0.39 is 5.91 Å². The summed E-state index contributed by atoms with van der Waals surface area (Å²) in [5, 5.41) is 23.0. The first-order valence-corrected chi connectivity index (χ1v) is 7.30. The fraction of sp³-hybridized carbons (Fsp3) is 0.176. The van der Waals surface area contributed by atoms with Gasteiger partial charge in [0.25, 0.3) is 5.91 Å². The van der Waals surface area contributed by atoms with Crippen molar-refractivity contribution in [1.82, 2.24) is 5.43 Å². The van der Waals surface area contributed by atoms with E-state index in [2.05, 4.69) is 10.5 Å². The number of benzene rings is 2. The summed E-state index contributed by atoms with van der Waals surface area (Å²) in [6.45, 7) is 2.64. The molecule has 1 heterocycles. The van der Waals surface area contributed by atoms with Gasteiger partial charge in [0.05, 0.1) is 6.21 Å². The molecule has 0 radical (unpaired) electrons. The van der Waals surface area contributed by atoms with Crippen molar-refractivity contribution in [2.75, 3.05) is 13.2 Å². The molecular formula is C17H16N2O5. The number of fused-ring (bicyclic) bond motifs is 1. The molecule has 3 N–H and O–H groups in total. The molecule has 0 spiro atoms. The van der Waals surface area contributed by atoms with Crippen LogP contribution in [0.25, 0.3) is 0 Å². The third-order valence-electron chi connectivity index (χ3n) is 3.51. The van der Waals surface area contributed by atoms with Gasteiger partial charge in [-0.1, -0.05) is 0 Å². The standard InChI is InChI=1S/C17H16N2O5/c1-10-6-12(20)8-14(21)13(10)9-18-19-17(22)11-2-3-15-16(7-11)24-5-4-23-15/h2-3,6-9,20-21H,4-5H2,1H3,(H,19,22)/b18-9-. The van der Waals surface area contributed by atoms with Gasteiger partial charge in [0.2, 0.25) is 0 Å². The predicted molar refractivity (Wildman–Crippen MR) is 87.0 cm³/mol. The highest BCUT2D eigenvalue weighted by molar-refractivity contribution is 5.96. The van der Waals surface area contributed by atoms with Gasteiger partial charge >= 0.3 is 0 Å². The third-order valence-corrected chi connectivity index (χ3v) is 3.51. The van der Waals surface area contributed by atoms with Crippen molar-refractivity contribution in [3.63, 3.8) is 0 Å². The largest absolute Gasteiger partial charge is 0.508 e. The summed E-state index contributed by atoms with van der Waals surface area (Å²) in [7, 11) is 0. The van der Waals surface area contributed by atoms with Crippen molar-refractivity contribution in [1.29, 1.82) is 0 Å². The number of carbonyl (C=O) groups excluding carboxylic acids is 1. The molecule has 3 rings (SSSR count). The van der Waals surface area contributed by atoms with Crippen molar-refractivity contribution in [3.05, 3.63) is 47.0 Å². The Morgan fingerprint density at radius 2 is 1.92 bits per heavy atom. The molecule has 24 heavy (non-hydrogen) atoms. The van der Waals surface area contributed by atoms with Crippen LogP contribution in [0.5, 0.6) is 23.0 Å². The van der Waals surface area contributed by atoms with E-state index in [9.17, 15) is 15.0 Å². The molecular weight excluding hydrogens is 312 g/mol. The average molecular weight is 328 g/mol. The highest BCUT2D eigenvalue weighted by Crippen LogP contribution is 2.30. The number of ether oxygens (including phenoxy) is 2. The minimum Gasteiger partial charge on any atom is -0.508 e. The second-order valence-corrected chi connectivity index (χ2v) is 5.25. The first-order chi connectivity index (χ1) is 11.5. The normalized spacial score (nSPS) is 13.0. The summed E-state index contributed by atoms with van der Waals surface area (Å²) in [6, 6.07) is 7.56. The highest BCUT2D eigenvalue weighted by Gasteiger charge is 2.14. The first kappa shape index (κ1) is 15.7. The average Bonchev–Trinajstić information content (AvgIpc) is 2.56. The quantitative estimate of drug-likeness (QED) is 0.590. The van der Waals surface area contributed by atoms with E-state index in [0.29, 0.717) is 41.4 Å². The second kappa shape index (κ2) is 6.49. The molecule has 1 amide bonds. The summed E-state index contributed by atoms with van der Waals surface area (Å²) < 4.78 is 10.8. The maximum atomic E-state index is 12.1. The number of hydrogen-bond acceptors (Lipinski definition) is 6. The van der Waals surface area contributed by atoms with E-state index in [4.69, 9.17) is 9.47 Å². The van der Waals surface area contributed by atoms with Crippen LogP contribution in [0.15, 0.2) is 35.4 Å². The van der Waals surface area contributed by atoms with Gasteiger partial charge in [0.1, 0.15) is 24.7 Å². The third kappa shape index (κ3) is 3.24. The van der Waals surface area contributed by atoms with E-state index >= 15 is 0 Å². The van der Waals surface area contributed by atoms with Crippen molar-refractivity contribution in [2.45, 2.75) is 6.92 Å². The van der Waals surface area contributed by atoms with Gasteiger partial charge in [-0.3, -0.25) is 4.79 Å². The molecule has 1 aliphatic rings. The Labute approximate surface area is 138 Å². The van der Waals surface area contributed by atoms with Crippen LogP contribution >= 0.6 is 0 Å². The number of aryl methyl sites for hydroxylation is 1. The summed E-state index contributed by atoms with van der Waals surface area (Å²) in [5.74, 6) is 0.544. The Morgan fingerprint density at radius 1 is 1.17 bits per heavy atom. The Bertz CT molecular complexity index is 794. The Morgan fingerprint density at radius 3 is 2.67 bits per heavy atom. The first-order valence-electron chi connectivity index (χ1n) is 7.30. The lowest BCUT2D eigenvalue weighted by atomic mass is 10.1. The molecule has 0 aromatic heterocycles. The number of hydrazone groups is 1. The molecule has 2 aromatic carbocycles. The van der Waals surface area contributed by atoms with Crippen LogP contribution < -0.4 is 14.9 Å². The minimum atomic E-state index is -0.417. The number of aromatic hydroxyl groups is 2. The molecule has 0 unspecified atom stereocenters. The van der Waals surface area contributed by atoms with E-state index in [-0.39, 0.29) is 11.5 Å². The van der Waals surface area contributed by atoms with Gasteiger partial charge in [0.15, 0.2) is 11.5 Å². The molecule has 0 atom stereocenters. The molecule has 0 bridgehead atoms. The molecule has 1 aliphatic heterocycles. The van der Waals surface area contributed by atoms with Crippen LogP contribution in [0, 0.1) is 6.92 Å². The zero-order chi connectivity index (χ0) is 17.1. The monoisotopic (exact) mass is 328 g/mol. The lowest BCUT2D eigenvalue weighted by molar-refractivity contribution is 0.0954. The van der Waals surface area contributed by atoms with E-state index in [1.165, 1.54) is 18.3 Å². The van der Waals surface area contributed by atoms with E-state index in [1.807, 2.05) is 0 Å². The molecule has 0 aliphatic carbocycles. The fourth-order valence-corrected chi connectivity index (χ4v) is 2.33. The van der Waals surface area contributed by atoms with E-state index in [0.717, 1.165) is 0 Å². The van der Waals surface area contributed by atoms with Gasteiger partial charge < -0.3 is 19.7 Å². The number of amides is 1. The number of nitrogens with zero attached hydrogens (tertiary/aromatic N) is 1. The second-order valence-electron chi connectivity index (χ2n) is 5.25. The van der Waals surface area contributed by atoms with Crippen LogP contribution in [0.4, 0.5) is 0 Å². The molecule has 124 valence electrons. The maximum absolute atomic E-state index is 12.1. The highest BCUT2D eigenvalue weighted by atomic mass is 16.6. The summed E-state index contributed by atoms with van der Waals surface area (Å²) >= 11 is 0. The van der Waals surface area contributed by atoms with Gasteiger partial charge in [-0.2, -0.15) is 5.10 Å². The number of carbonyl (C=O) groups is 1. The predicted octanol–water partition coefficient (Wildman–Crippen LogP) is 1.94. The van der Waals surface area contributed by atoms with Crippen LogP contribution in [0.2, 0.25) is 0 Å². The zero-order valence-electron chi connectivity index (χ0n) is 12.9. The van der Waals surface area contributed by atoms with Crippen LogP contribution in [-0.4, -0.2) is 35.5 Å².